The van der Waals surface area contributed by atoms with Crippen molar-refractivity contribution in [3.63, 3.8) is 0 Å². The number of sulfonamides is 1. The summed E-state index contributed by atoms with van der Waals surface area (Å²) in [6.07, 6.45) is 0. The number of anilines is 1. The highest BCUT2D eigenvalue weighted by Gasteiger charge is 2.18. The van der Waals surface area contributed by atoms with Crippen LogP contribution in [0.5, 0.6) is 0 Å². The number of benzene rings is 1. The van der Waals surface area contributed by atoms with Crippen LogP contribution >= 0.6 is 27.3 Å². The van der Waals surface area contributed by atoms with Gasteiger partial charge >= 0.3 is 0 Å². The van der Waals surface area contributed by atoms with Crippen LogP contribution in [0.25, 0.3) is 0 Å². The van der Waals surface area contributed by atoms with Gasteiger partial charge in [-0.25, -0.2) is 8.42 Å². The van der Waals surface area contributed by atoms with Crippen molar-refractivity contribution in [1.82, 2.24) is 0 Å². The number of hydrogen-bond acceptors (Lipinski definition) is 5. The Bertz CT molecular complexity index is 800. The van der Waals surface area contributed by atoms with Gasteiger partial charge in [-0.1, -0.05) is 17.3 Å². The summed E-state index contributed by atoms with van der Waals surface area (Å²) in [7, 11) is -3.67. The molecule has 0 spiro atoms. The third-order valence-electron chi connectivity index (χ3n) is 2.70. The molecule has 2 rings (SSSR count). The van der Waals surface area contributed by atoms with Gasteiger partial charge in [-0.05, 0) is 46.6 Å². The molecule has 0 unspecified atom stereocenters. The predicted molar refractivity (Wildman–Crippen MR) is 86.5 cm³/mol. The van der Waals surface area contributed by atoms with Crippen LogP contribution in [-0.2, 0) is 10.0 Å². The average Bonchev–Trinajstić information content (AvgIpc) is 2.87. The van der Waals surface area contributed by atoms with Crippen molar-refractivity contribution in [3.05, 3.63) is 45.2 Å². The van der Waals surface area contributed by atoms with E-state index < -0.39 is 10.0 Å². The number of aryl methyl sites for hydroxylation is 1. The van der Waals surface area contributed by atoms with E-state index in [-0.39, 0.29) is 10.0 Å². The normalized spacial score (nSPS) is 12.4. The first-order valence-electron chi connectivity index (χ1n) is 5.70. The molecule has 1 heterocycles. The maximum atomic E-state index is 12.3. The van der Waals surface area contributed by atoms with Gasteiger partial charge < -0.3 is 10.9 Å². The van der Waals surface area contributed by atoms with Gasteiger partial charge in [0, 0.05) is 5.56 Å². The van der Waals surface area contributed by atoms with Crippen LogP contribution in [-0.4, -0.2) is 19.5 Å². The lowest BCUT2D eigenvalue weighted by atomic mass is 10.1. The van der Waals surface area contributed by atoms with E-state index in [4.69, 9.17) is 10.9 Å². The van der Waals surface area contributed by atoms with E-state index in [0.29, 0.717) is 11.3 Å². The highest BCUT2D eigenvalue weighted by Crippen LogP contribution is 2.28. The highest BCUT2D eigenvalue weighted by molar-refractivity contribution is 9.11. The van der Waals surface area contributed by atoms with Gasteiger partial charge in [0.2, 0.25) is 0 Å². The second kappa shape index (κ2) is 6.04. The van der Waals surface area contributed by atoms with E-state index in [0.717, 1.165) is 20.7 Å². The fraction of sp³-hybridized carbons (Fsp3) is 0.0833. The highest BCUT2D eigenvalue weighted by atomic mass is 79.9. The van der Waals surface area contributed by atoms with Gasteiger partial charge in [0.1, 0.15) is 4.21 Å². The number of hydrogen-bond donors (Lipinski definition) is 3. The summed E-state index contributed by atoms with van der Waals surface area (Å²) >= 11 is 4.34. The van der Waals surface area contributed by atoms with Gasteiger partial charge in [0.05, 0.1) is 9.47 Å². The number of rotatable bonds is 4. The maximum absolute atomic E-state index is 12.3. The molecule has 0 aliphatic carbocycles. The fourth-order valence-corrected chi connectivity index (χ4v) is 4.72. The summed E-state index contributed by atoms with van der Waals surface area (Å²) in [6.45, 7) is 1.76. The van der Waals surface area contributed by atoms with Crippen LogP contribution < -0.4 is 10.5 Å². The smallest absolute Gasteiger partial charge is 0.271 e. The fourth-order valence-electron chi connectivity index (χ4n) is 1.59. The second-order valence-corrected chi connectivity index (χ2v) is 8.55. The van der Waals surface area contributed by atoms with Crippen LogP contribution in [0, 0.1) is 6.92 Å². The Morgan fingerprint density at radius 2 is 2.10 bits per heavy atom. The molecule has 0 saturated heterocycles. The first-order valence-corrected chi connectivity index (χ1v) is 8.79. The van der Waals surface area contributed by atoms with Crippen molar-refractivity contribution in [2.24, 2.45) is 10.9 Å². The van der Waals surface area contributed by atoms with Crippen LogP contribution in [0.2, 0.25) is 0 Å². The third kappa shape index (κ3) is 3.55. The maximum Gasteiger partial charge on any atom is 0.271 e. The molecule has 0 saturated carbocycles. The van der Waals surface area contributed by atoms with Crippen LogP contribution in [0.4, 0.5) is 5.69 Å². The zero-order valence-electron chi connectivity index (χ0n) is 10.9. The molecule has 112 valence electrons. The molecule has 0 fully saturated rings. The molecule has 0 aliphatic rings. The van der Waals surface area contributed by atoms with E-state index in [2.05, 4.69) is 25.8 Å². The van der Waals surface area contributed by atoms with Gasteiger partial charge in [0.15, 0.2) is 5.84 Å². The molecule has 0 amide bonds. The van der Waals surface area contributed by atoms with Gasteiger partial charge in [-0.3, -0.25) is 4.72 Å². The summed E-state index contributed by atoms with van der Waals surface area (Å²) in [5, 5.41) is 11.6. The van der Waals surface area contributed by atoms with Crippen molar-refractivity contribution < 1.29 is 13.6 Å². The van der Waals surface area contributed by atoms with Gasteiger partial charge in [0.25, 0.3) is 10.0 Å². The second-order valence-electron chi connectivity index (χ2n) is 4.18. The lowest BCUT2D eigenvalue weighted by Crippen LogP contribution is -2.16. The summed E-state index contributed by atoms with van der Waals surface area (Å²) in [5.74, 6) is -0.0886. The molecular weight excluding hydrogens is 378 g/mol. The van der Waals surface area contributed by atoms with Crippen LogP contribution in [0.15, 0.2) is 43.5 Å². The van der Waals surface area contributed by atoms with Crippen LogP contribution in [0.3, 0.4) is 0 Å². The lowest BCUT2D eigenvalue weighted by Gasteiger charge is -2.11. The number of halogens is 1. The molecule has 1 aromatic heterocycles. The molecule has 0 bridgehead atoms. The van der Waals surface area contributed by atoms with E-state index >= 15 is 0 Å². The van der Waals surface area contributed by atoms with Gasteiger partial charge in [-0.2, -0.15) is 0 Å². The van der Waals surface area contributed by atoms with E-state index in [1.165, 1.54) is 12.1 Å². The lowest BCUT2D eigenvalue weighted by molar-refractivity contribution is 0.318. The zero-order chi connectivity index (χ0) is 15.6. The number of nitrogens with zero attached hydrogens (tertiary/aromatic N) is 1. The van der Waals surface area contributed by atoms with E-state index in [1.54, 1.807) is 25.1 Å². The number of nitrogens with one attached hydrogen (secondary N) is 1. The Morgan fingerprint density at radius 3 is 2.67 bits per heavy atom. The average molecular weight is 390 g/mol. The standard InChI is InChI=1S/C12H12BrN3O3S2/c1-7-2-3-8(12(14)15-17)6-9(7)16-21(18,19)11-5-4-10(13)20-11/h2-6,16-17H,1H3,(H2,14,15). The molecule has 0 atom stereocenters. The van der Waals surface area contributed by atoms with Crippen molar-refractivity contribution in [2.45, 2.75) is 11.1 Å². The molecule has 6 nitrogen and oxygen atoms in total. The Kier molecular flexibility index (Phi) is 4.55. The molecule has 1 aromatic carbocycles. The summed E-state index contributed by atoms with van der Waals surface area (Å²) in [6, 6.07) is 8.03. The third-order valence-corrected chi connectivity index (χ3v) is 6.18. The monoisotopic (exact) mass is 389 g/mol. The minimum atomic E-state index is -3.67. The summed E-state index contributed by atoms with van der Waals surface area (Å²) in [5.41, 5.74) is 7.04. The van der Waals surface area contributed by atoms with E-state index in [9.17, 15) is 8.42 Å². The van der Waals surface area contributed by atoms with Crippen molar-refractivity contribution in [3.8, 4) is 0 Å². The molecule has 2 aromatic rings. The number of thiophene rings is 1. The molecule has 0 radical (unpaired) electrons. The number of nitrogens with two attached hydrogens (primary N) is 1. The minimum Gasteiger partial charge on any atom is -0.409 e. The molecule has 21 heavy (non-hydrogen) atoms. The van der Waals surface area contributed by atoms with Gasteiger partial charge in [-0.15, -0.1) is 11.3 Å². The first-order chi connectivity index (χ1) is 9.83. The zero-order valence-corrected chi connectivity index (χ0v) is 14.1. The van der Waals surface area contributed by atoms with E-state index in [1.807, 2.05) is 0 Å². The Balaban J connectivity index is 2.39. The number of amidine groups is 1. The largest absolute Gasteiger partial charge is 0.409 e. The van der Waals surface area contributed by atoms with Crippen molar-refractivity contribution in [2.75, 3.05) is 4.72 Å². The molecule has 4 N–H and O–H groups in total. The Morgan fingerprint density at radius 1 is 1.38 bits per heavy atom. The Labute approximate surface area is 134 Å². The first kappa shape index (κ1) is 15.8. The minimum absolute atomic E-state index is 0.0886. The Hall–Kier alpha value is -1.58. The number of oxime groups is 1. The quantitative estimate of drug-likeness (QED) is 0.323. The summed E-state index contributed by atoms with van der Waals surface area (Å²) < 4.78 is 28.0. The predicted octanol–water partition coefficient (Wildman–Crippen LogP) is 2.71. The van der Waals surface area contributed by atoms with Crippen molar-refractivity contribution in [1.29, 1.82) is 0 Å². The molecule has 0 aliphatic heterocycles. The van der Waals surface area contributed by atoms with Crippen LogP contribution in [0.1, 0.15) is 11.1 Å². The SMILES string of the molecule is Cc1ccc(C(N)=NO)cc1NS(=O)(=O)c1ccc(Br)s1. The topological polar surface area (TPSA) is 105 Å². The molecular formula is C12H12BrN3O3S2. The summed E-state index contributed by atoms with van der Waals surface area (Å²) in [4.78, 5) is 0. The van der Waals surface area contributed by atoms with Crippen molar-refractivity contribution >= 4 is 48.8 Å². The molecule has 9 heteroatoms.